The molecule has 0 radical (unpaired) electrons. The van der Waals surface area contributed by atoms with Crippen molar-refractivity contribution in [3.05, 3.63) is 88.5 Å². The number of halogens is 8. The van der Waals surface area contributed by atoms with Gasteiger partial charge in [-0.1, -0.05) is 32.9 Å². The summed E-state index contributed by atoms with van der Waals surface area (Å²) in [5.74, 6) is -1.44. The Balaban J connectivity index is 0.00000308. The second-order valence-electron chi connectivity index (χ2n) is 9.93. The Morgan fingerprint density at radius 1 is 0.833 bits per heavy atom. The van der Waals surface area contributed by atoms with Gasteiger partial charge in [-0.05, 0) is 36.4 Å². The quantitative estimate of drug-likeness (QED) is 0.200. The van der Waals surface area contributed by atoms with Crippen LogP contribution in [0.3, 0.4) is 0 Å². The highest BCUT2D eigenvalue weighted by molar-refractivity contribution is 6.10. The molecule has 15 heteroatoms. The predicted molar refractivity (Wildman–Crippen MR) is 149 cm³/mol. The number of benzene rings is 2. The van der Waals surface area contributed by atoms with Crippen LogP contribution in [0.15, 0.2) is 54.7 Å². The maximum Gasteiger partial charge on any atom is 0.418 e. The molecule has 0 unspecified atom stereocenters. The minimum absolute atomic E-state index is 0. The van der Waals surface area contributed by atoms with Crippen LogP contribution < -0.4 is 10.6 Å². The summed E-state index contributed by atoms with van der Waals surface area (Å²) in [6.45, 7) is 4.98. The van der Waals surface area contributed by atoms with E-state index in [-0.39, 0.29) is 47.1 Å². The maximum atomic E-state index is 13.4. The fraction of sp³-hybridized carbons (Fsp3) is 0.259. The Hall–Kier alpha value is -3.84. The topological polar surface area (TPSA) is 99.8 Å². The molecule has 0 bridgehead atoms. The fourth-order valence-electron chi connectivity index (χ4n) is 3.94. The third kappa shape index (κ3) is 7.51. The van der Waals surface area contributed by atoms with E-state index in [0.29, 0.717) is 5.82 Å². The Bertz CT molecular complexity index is 1600. The van der Waals surface area contributed by atoms with Gasteiger partial charge >= 0.3 is 12.4 Å². The number of rotatable bonds is 5. The van der Waals surface area contributed by atoms with Crippen molar-refractivity contribution in [1.82, 2.24) is 20.3 Å². The summed E-state index contributed by atoms with van der Waals surface area (Å²) in [7, 11) is 0. The molecule has 4 aromatic rings. The lowest BCUT2D eigenvalue weighted by Gasteiger charge is -2.14. The number of amides is 2. The standard InChI is InChI=1S/C27H23F6N5O2.2ClH/c1-25(2,3)24-37-19-12-14(36-23(40)15-7-4-5-8-17(15)26(28,29)30)11-16(21(19)38-24)22(39)35-13-20-18(27(31,32)33)9-6-10-34-20;;/h4-12H,13H2,1-3H3,(H,35,39)(H,36,40)(H,37,38);2*1H. The van der Waals surface area contributed by atoms with Crippen molar-refractivity contribution in [2.75, 3.05) is 5.32 Å². The molecule has 2 amide bonds. The summed E-state index contributed by atoms with van der Waals surface area (Å²) in [5, 5.41) is 4.77. The van der Waals surface area contributed by atoms with Gasteiger partial charge in [0.2, 0.25) is 0 Å². The van der Waals surface area contributed by atoms with Crippen molar-refractivity contribution in [3.63, 3.8) is 0 Å². The molecule has 3 N–H and O–H groups in total. The molecular formula is C27H25Cl2F6N5O2. The molecule has 0 saturated carbocycles. The molecule has 0 spiro atoms. The third-order valence-electron chi connectivity index (χ3n) is 5.89. The SMILES string of the molecule is CC(C)(C)c1nc2c(C(=O)NCc3ncccc3C(F)(F)F)cc(NC(=O)c3ccccc3C(F)(F)F)cc2[nH]1.Cl.Cl. The van der Waals surface area contributed by atoms with Gasteiger partial charge in [0, 0.05) is 17.3 Å². The average Bonchev–Trinajstić information content (AvgIpc) is 3.31. The van der Waals surface area contributed by atoms with Crippen LogP contribution in [0.4, 0.5) is 32.0 Å². The molecule has 0 aliphatic heterocycles. The van der Waals surface area contributed by atoms with Gasteiger partial charge in [-0.25, -0.2) is 4.98 Å². The van der Waals surface area contributed by atoms with E-state index in [0.717, 1.165) is 36.5 Å². The highest BCUT2D eigenvalue weighted by atomic mass is 35.5. The van der Waals surface area contributed by atoms with Gasteiger partial charge in [-0.15, -0.1) is 24.8 Å². The first-order chi connectivity index (χ1) is 18.6. The van der Waals surface area contributed by atoms with Crippen LogP contribution in [0.1, 0.15) is 64.1 Å². The summed E-state index contributed by atoms with van der Waals surface area (Å²) in [6.07, 6.45) is -8.32. The summed E-state index contributed by atoms with van der Waals surface area (Å²) >= 11 is 0. The number of alkyl halides is 6. The first kappa shape index (κ1) is 34.4. The van der Waals surface area contributed by atoms with Crippen LogP contribution in [0.25, 0.3) is 11.0 Å². The number of anilines is 1. The predicted octanol–water partition coefficient (Wildman–Crippen LogP) is 7.32. The number of imidazole rings is 1. The average molecular weight is 636 g/mol. The second kappa shape index (κ2) is 12.6. The zero-order valence-corrected chi connectivity index (χ0v) is 23.8. The molecule has 0 saturated heterocycles. The van der Waals surface area contributed by atoms with Crippen LogP contribution in [0, 0.1) is 0 Å². The van der Waals surface area contributed by atoms with Gasteiger partial charge in [-0.3, -0.25) is 14.6 Å². The molecule has 226 valence electrons. The highest BCUT2D eigenvalue weighted by Crippen LogP contribution is 2.33. The third-order valence-corrected chi connectivity index (χ3v) is 5.89. The van der Waals surface area contributed by atoms with Crippen molar-refractivity contribution in [2.24, 2.45) is 0 Å². The minimum atomic E-state index is -4.78. The molecular weight excluding hydrogens is 611 g/mol. The first-order valence-electron chi connectivity index (χ1n) is 11.9. The Kier molecular flexibility index (Phi) is 10.3. The molecule has 2 aromatic heterocycles. The first-order valence-corrected chi connectivity index (χ1v) is 11.9. The van der Waals surface area contributed by atoms with Crippen LogP contribution in [0.5, 0.6) is 0 Å². The molecule has 0 atom stereocenters. The number of fused-ring (bicyclic) bond motifs is 1. The van der Waals surface area contributed by atoms with E-state index < -0.39 is 58.5 Å². The van der Waals surface area contributed by atoms with Crippen LogP contribution in [-0.2, 0) is 24.3 Å². The Morgan fingerprint density at radius 3 is 2.07 bits per heavy atom. The van der Waals surface area contributed by atoms with Crippen molar-refractivity contribution in [1.29, 1.82) is 0 Å². The number of aromatic amines is 1. The molecule has 2 aromatic carbocycles. The van der Waals surface area contributed by atoms with E-state index in [1.165, 1.54) is 18.2 Å². The lowest BCUT2D eigenvalue weighted by molar-refractivity contribution is -0.139. The number of carbonyl (C=O) groups is 2. The van der Waals surface area contributed by atoms with Crippen molar-refractivity contribution in [3.8, 4) is 0 Å². The molecule has 0 aliphatic carbocycles. The van der Waals surface area contributed by atoms with E-state index in [9.17, 15) is 35.9 Å². The van der Waals surface area contributed by atoms with Gasteiger partial charge in [0.05, 0.1) is 40.0 Å². The largest absolute Gasteiger partial charge is 0.418 e. The van der Waals surface area contributed by atoms with Crippen LogP contribution in [-0.4, -0.2) is 26.8 Å². The number of H-pyrrole nitrogens is 1. The van der Waals surface area contributed by atoms with Gasteiger partial charge in [0.1, 0.15) is 11.3 Å². The van der Waals surface area contributed by atoms with Crippen molar-refractivity contribution < 1.29 is 35.9 Å². The van der Waals surface area contributed by atoms with Crippen LogP contribution in [0.2, 0.25) is 0 Å². The number of nitrogens with zero attached hydrogens (tertiary/aromatic N) is 2. The van der Waals surface area contributed by atoms with Crippen molar-refractivity contribution >= 4 is 53.3 Å². The number of carbonyl (C=O) groups excluding carboxylic acids is 2. The number of hydrogen-bond acceptors (Lipinski definition) is 4. The fourth-order valence-corrected chi connectivity index (χ4v) is 3.94. The zero-order valence-electron chi connectivity index (χ0n) is 22.2. The minimum Gasteiger partial charge on any atom is -0.346 e. The van der Waals surface area contributed by atoms with Gasteiger partial charge < -0.3 is 15.6 Å². The second-order valence-corrected chi connectivity index (χ2v) is 9.93. The van der Waals surface area contributed by atoms with Gasteiger partial charge in [-0.2, -0.15) is 26.3 Å². The van der Waals surface area contributed by atoms with E-state index in [4.69, 9.17) is 0 Å². The molecule has 42 heavy (non-hydrogen) atoms. The number of aromatic nitrogens is 3. The zero-order chi connectivity index (χ0) is 29.5. The summed E-state index contributed by atoms with van der Waals surface area (Å²) in [5.41, 5.74) is -3.40. The lowest BCUT2D eigenvalue weighted by atomic mass is 9.96. The van der Waals surface area contributed by atoms with E-state index >= 15 is 0 Å². The highest BCUT2D eigenvalue weighted by Gasteiger charge is 2.35. The Labute approximate surface area is 248 Å². The summed E-state index contributed by atoms with van der Waals surface area (Å²) in [6, 6.07) is 8.79. The Morgan fingerprint density at radius 2 is 1.45 bits per heavy atom. The number of hydrogen-bond donors (Lipinski definition) is 3. The molecule has 4 rings (SSSR count). The monoisotopic (exact) mass is 635 g/mol. The summed E-state index contributed by atoms with van der Waals surface area (Å²) < 4.78 is 80.4. The number of nitrogens with one attached hydrogen (secondary N) is 3. The summed E-state index contributed by atoms with van der Waals surface area (Å²) in [4.78, 5) is 37.3. The van der Waals surface area contributed by atoms with Crippen molar-refractivity contribution in [2.45, 2.75) is 45.1 Å². The van der Waals surface area contributed by atoms with E-state index in [1.807, 2.05) is 20.8 Å². The molecule has 7 nitrogen and oxygen atoms in total. The molecule has 0 aliphatic rings. The molecule has 2 heterocycles. The van der Waals surface area contributed by atoms with Gasteiger partial charge in [0.15, 0.2) is 0 Å². The maximum absolute atomic E-state index is 13.4. The van der Waals surface area contributed by atoms with E-state index in [1.54, 1.807) is 0 Å². The lowest BCUT2D eigenvalue weighted by Crippen LogP contribution is -2.26. The van der Waals surface area contributed by atoms with Gasteiger partial charge in [0.25, 0.3) is 11.8 Å². The van der Waals surface area contributed by atoms with E-state index in [2.05, 4.69) is 25.6 Å². The smallest absolute Gasteiger partial charge is 0.346 e. The van der Waals surface area contributed by atoms with Crippen LogP contribution >= 0.6 is 24.8 Å². The molecule has 0 fully saturated rings. The normalized spacial score (nSPS) is 11.8. The number of pyridine rings is 1.